The molecule has 2 aromatic heterocycles. The van der Waals surface area contributed by atoms with E-state index in [1.54, 1.807) is 22.7 Å². The van der Waals surface area contributed by atoms with Gasteiger partial charge in [-0.2, -0.15) is 5.10 Å². The first-order valence-corrected chi connectivity index (χ1v) is 10.0. The van der Waals surface area contributed by atoms with Crippen LogP contribution in [0.15, 0.2) is 12.4 Å². The van der Waals surface area contributed by atoms with Gasteiger partial charge in [-0.05, 0) is 33.6 Å². The molecular formula is C20H30N6O3. The molecule has 0 atom stereocenters. The number of carbonyl (C=O) groups is 2. The number of piperidine rings is 1. The van der Waals surface area contributed by atoms with E-state index < -0.39 is 0 Å². The number of aromatic nitrogens is 4. The Bertz CT molecular complexity index is 879. The monoisotopic (exact) mass is 402 g/mol. The standard InChI is InChI=1S/C20H30N6O3/c1-6-29-20(28)25-10-7-16(8-11-25)26(13-17-21-9-12-23(17)4)19(27)18-14(2)22-24(5)15(18)3/h9,12,16H,6-8,10-11,13H2,1-5H3. The molecule has 1 saturated heterocycles. The molecule has 0 bridgehead atoms. The van der Waals surface area contributed by atoms with Crippen molar-refractivity contribution in [3.8, 4) is 0 Å². The summed E-state index contributed by atoms with van der Waals surface area (Å²) in [5.74, 6) is 0.788. The first kappa shape index (κ1) is 20.9. The van der Waals surface area contributed by atoms with E-state index in [0.717, 1.165) is 17.2 Å². The second-order valence-corrected chi connectivity index (χ2v) is 7.47. The van der Waals surface area contributed by atoms with Gasteiger partial charge >= 0.3 is 6.09 Å². The van der Waals surface area contributed by atoms with Crippen LogP contribution >= 0.6 is 0 Å². The molecule has 0 unspecified atom stereocenters. The van der Waals surface area contributed by atoms with E-state index in [0.29, 0.717) is 44.6 Å². The van der Waals surface area contributed by atoms with E-state index in [-0.39, 0.29) is 18.0 Å². The minimum atomic E-state index is -0.285. The van der Waals surface area contributed by atoms with Crippen molar-refractivity contribution < 1.29 is 14.3 Å². The van der Waals surface area contributed by atoms with E-state index in [1.807, 2.05) is 43.6 Å². The maximum absolute atomic E-state index is 13.6. The van der Waals surface area contributed by atoms with Gasteiger partial charge < -0.3 is 19.1 Å². The molecule has 0 saturated carbocycles. The van der Waals surface area contributed by atoms with Crippen LogP contribution in [-0.4, -0.2) is 66.9 Å². The highest BCUT2D eigenvalue weighted by molar-refractivity contribution is 5.96. The van der Waals surface area contributed by atoms with Crippen LogP contribution in [0.2, 0.25) is 0 Å². The van der Waals surface area contributed by atoms with E-state index in [9.17, 15) is 9.59 Å². The minimum absolute atomic E-state index is 0.0175. The zero-order valence-electron chi connectivity index (χ0n) is 17.9. The molecular weight excluding hydrogens is 372 g/mol. The van der Waals surface area contributed by atoms with Crippen molar-refractivity contribution in [3.63, 3.8) is 0 Å². The van der Waals surface area contributed by atoms with Gasteiger partial charge in [-0.25, -0.2) is 9.78 Å². The molecule has 29 heavy (non-hydrogen) atoms. The number of nitrogens with zero attached hydrogens (tertiary/aromatic N) is 6. The summed E-state index contributed by atoms with van der Waals surface area (Å²) >= 11 is 0. The Hall–Kier alpha value is -2.84. The van der Waals surface area contributed by atoms with Crippen LogP contribution in [0, 0.1) is 13.8 Å². The van der Waals surface area contributed by atoms with E-state index >= 15 is 0 Å². The highest BCUT2D eigenvalue weighted by atomic mass is 16.6. The zero-order chi connectivity index (χ0) is 21.1. The normalized spacial score (nSPS) is 14.9. The quantitative estimate of drug-likeness (QED) is 0.764. The smallest absolute Gasteiger partial charge is 0.409 e. The number of hydrogen-bond donors (Lipinski definition) is 0. The van der Waals surface area contributed by atoms with Crippen molar-refractivity contribution in [2.24, 2.45) is 14.1 Å². The SMILES string of the molecule is CCOC(=O)N1CCC(N(Cc2nccn2C)C(=O)c2c(C)nn(C)c2C)CC1. The highest BCUT2D eigenvalue weighted by Gasteiger charge is 2.33. The maximum atomic E-state index is 13.6. The van der Waals surface area contributed by atoms with Crippen molar-refractivity contribution in [2.75, 3.05) is 19.7 Å². The lowest BCUT2D eigenvalue weighted by Crippen LogP contribution is -2.49. The lowest BCUT2D eigenvalue weighted by molar-refractivity contribution is 0.0506. The second kappa shape index (κ2) is 8.67. The molecule has 2 aromatic rings. The molecule has 0 aliphatic carbocycles. The van der Waals surface area contributed by atoms with Crippen LogP contribution in [-0.2, 0) is 25.4 Å². The van der Waals surface area contributed by atoms with Crippen molar-refractivity contribution in [1.29, 1.82) is 0 Å². The van der Waals surface area contributed by atoms with Gasteiger partial charge in [0.25, 0.3) is 5.91 Å². The average molecular weight is 402 g/mol. The van der Waals surface area contributed by atoms with Crippen molar-refractivity contribution in [2.45, 2.75) is 46.2 Å². The van der Waals surface area contributed by atoms with Gasteiger partial charge in [0.15, 0.2) is 0 Å². The minimum Gasteiger partial charge on any atom is -0.450 e. The Morgan fingerprint density at radius 3 is 2.45 bits per heavy atom. The Balaban J connectivity index is 1.83. The fourth-order valence-corrected chi connectivity index (χ4v) is 3.87. The Morgan fingerprint density at radius 1 is 1.24 bits per heavy atom. The fraction of sp³-hybridized carbons (Fsp3) is 0.600. The molecule has 0 spiro atoms. The molecule has 1 aliphatic rings. The van der Waals surface area contributed by atoms with Gasteiger partial charge in [0.05, 0.1) is 24.4 Å². The molecule has 9 heteroatoms. The van der Waals surface area contributed by atoms with Crippen molar-refractivity contribution >= 4 is 12.0 Å². The van der Waals surface area contributed by atoms with E-state index in [2.05, 4.69) is 10.1 Å². The summed E-state index contributed by atoms with van der Waals surface area (Å²) in [6.07, 6.45) is 4.73. The molecule has 9 nitrogen and oxygen atoms in total. The molecule has 3 rings (SSSR count). The average Bonchev–Trinajstić information content (AvgIpc) is 3.21. The summed E-state index contributed by atoms with van der Waals surface area (Å²) in [6, 6.07) is 0.0175. The van der Waals surface area contributed by atoms with Gasteiger partial charge in [-0.1, -0.05) is 0 Å². The summed E-state index contributed by atoms with van der Waals surface area (Å²) in [7, 11) is 3.77. The molecule has 0 radical (unpaired) electrons. The van der Waals surface area contributed by atoms with Crippen LogP contribution in [0.3, 0.4) is 0 Å². The first-order valence-electron chi connectivity index (χ1n) is 10.0. The highest BCUT2D eigenvalue weighted by Crippen LogP contribution is 2.24. The lowest BCUT2D eigenvalue weighted by atomic mass is 10.0. The zero-order valence-corrected chi connectivity index (χ0v) is 17.9. The maximum Gasteiger partial charge on any atom is 0.409 e. The van der Waals surface area contributed by atoms with Gasteiger partial charge in [0.1, 0.15) is 5.82 Å². The number of rotatable bonds is 5. The molecule has 3 heterocycles. The van der Waals surface area contributed by atoms with Crippen molar-refractivity contribution in [1.82, 2.24) is 29.1 Å². The lowest BCUT2D eigenvalue weighted by Gasteiger charge is -2.38. The summed E-state index contributed by atoms with van der Waals surface area (Å²) in [6.45, 7) is 7.49. The van der Waals surface area contributed by atoms with Gasteiger partial charge in [-0.15, -0.1) is 0 Å². The number of hydrogen-bond acceptors (Lipinski definition) is 5. The Labute approximate surface area is 171 Å². The van der Waals surface area contributed by atoms with Crippen LogP contribution in [0.1, 0.15) is 47.3 Å². The molecule has 1 aliphatic heterocycles. The van der Waals surface area contributed by atoms with Crippen molar-refractivity contribution in [3.05, 3.63) is 35.2 Å². The summed E-state index contributed by atoms with van der Waals surface area (Å²) in [5.41, 5.74) is 2.22. The third-order valence-electron chi connectivity index (χ3n) is 5.65. The molecule has 2 amide bonds. The topological polar surface area (TPSA) is 85.5 Å². The third-order valence-corrected chi connectivity index (χ3v) is 5.65. The summed E-state index contributed by atoms with van der Waals surface area (Å²) < 4.78 is 8.78. The summed E-state index contributed by atoms with van der Waals surface area (Å²) in [4.78, 5) is 33.6. The van der Waals surface area contributed by atoms with E-state index in [1.165, 1.54) is 0 Å². The molecule has 0 N–H and O–H groups in total. The Morgan fingerprint density at radius 2 is 1.93 bits per heavy atom. The first-order chi connectivity index (χ1) is 13.8. The predicted octanol–water partition coefficient (Wildman–Crippen LogP) is 2.03. The second-order valence-electron chi connectivity index (χ2n) is 7.47. The number of amides is 2. The van der Waals surface area contributed by atoms with Crippen LogP contribution < -0.4 is 0 Å². The van der Waals surface area contributed by atoms with Crippen LogP contribution in [0.5, 0.6) is 0 Å². The molecule has 1 fully saturated rings. The largest absolute Gasteiger partial charge is 0.450 e. The van der Waals surface area contributed by atoms with Crippen LogP contribution in [0.25, 0.3) is 0 Å². The van der Waals surface area contributed by atoms with Gasteiger partial charge in [0.2, 0.25) is 0 Å². The number of ether oxygens (including phenoxy) is 1. The van der Waals surface area contributed by atoms with Gasteiger partial charge in [-0.3, -0.25) is 9.48 Å². The van der Waals surface area contributed by atoms with E-state index in [4.69, 9.17) is 4.74 Å². The number of imidazole rings is 1. The third kappa shape index (κ3) is 4.28. The Kier molecular flexibility index (Phi) is 6.24. The summed E-state index contributed by atoms with van der Waals surface area (Å²) in [5, 5.41) is 4.41. The molecule has 158 valence electrons. The predicted molar refractivity (Wildman–Crippen MR) is 107 cm³/mol. The number of likely N-dealkylation sites (tertiary alicyclic amines) is 1. The van der Waals surface area contributed by atoms with Gasteiger partial charge in [0, 0.05) is 51.3 Å². The fourth-order valence-electron chi connectivity index (χ4n) is 3.87. The molecule has 0 aromatic carbocycles. The number of carbonyl (C=O) groups excluding carboxylic acids is 2. The van der Waals surface area contributed by atoms with Crippen LogP contribution in [0.4, 0.5) is 4.79 Å². The number of aryl methyl sites for hydroxylation is 3.